The second-order valence-corrected chi connectivity index (χ2v) is 7.24. The van der Waals surface area contributed by atoms with Gasteiger partial charge in [-0.15, -0.1) is 0 Å². The number of benzene rings is 3. The number of aryl methyl sites for hydroxylation is 1. The van der Waals surface area contributed by atoms with Gasteiger partial charge in [-0.2, -0.15) is 0 Å². The maximum Gasteiger partial charge on any atom is 0.0702 e. The summed E-state index contributed by atoms with van der Waals surface area (Å²) in [4.78, 5) is 8.90. The molecule has 138 valence electrons. The molecule has 0 saturated heterocycles. The highest BCUT2D eigenvalue weighted by molar-refractivity contribution is 6.04. The summed E-state index contributed by atoms with van der Waals surface area (Å²) in [6.45, 7) is 2.11. The van der Waals surface area contributed by atoms with Crippen molar-refractivity contribution < 1.29 is 0 Å². The highest BCUT2D eigenvalue weighted by Crippen LogP contribution is 2.36. The molecule has 0 aliphatic rings. The summed E-state index contributed by atoms with van der Waals surface area (Å²) < 4.78 is 0. The van der Waals surface area contributed by atoms with Gasteiger partial charge in [0, 0.05) is 29.5 Å². The Hall–Kier alpha value is -3.78. The molecule has 3 aromatic carbocycles. The van der Waals surface area contributed by atoms with Gasteiger partial charge in [0.2, 0.25) is 0 Å². The van der Waals surface area contributed by atoms with Crippen molar-refractivity contribution in [2.24, 2.45) is 0 Å². The molecule has 0 atom stereocenters. The van der Waals surface area contributed by atoms with Gasteiger partial charge in [0.25, 0.3) is 0 Å². The van der Waals surface area contributed by atoms with Crippen LogP contribution in [0.4, 0.5) is 0 Å². The first-order valence-electron chi connectivity index (χ1n) is 9.75. The van der Waals surface area contributed by atoms with Crippen LogP contribution in [0.3, 0.4) is 0 Å². The highest BCUT2D eigenvalue weighted by Gasteiger charge is 2.10. The molecule has 0 aliphatic carbocycles. The number of fused-ring (bicyclic) bond motifs is 1. The van der Waals surface area contributed by atoms with E-state index >= 15 is 0 Å². The monoisotopic (exact) mass is 372 g/mol. The standard InChI is InChI=1S/C27H20N2/c1-19-8-10-20(11-9-19)23-12-13-24(25-14-16-28-18-26(23)25)21-5-4-6-22(17-21)27-7-2-3-15-29-27/h2-18H,1H3. The zero-order chi connectivity index (χ0) is 19.6. The van der Waals surface area contributed by atoms with Crippen LogP contribution < -0.4 is 0 Å². The Kier molecular flexibility index (Phi) is 4.38. The fourth-order valence-corrected chi connectivity index (χ4v) is 3.81. The topological polar surface area (TPSA) is 25.8 Å². The van der Waals surface area contributed by atoms with Crippen molar-refractivity contribution in [1.29, 1.82) is 0 Å². The number of pyridine rings is 2. The van der Waals surface area contributed by atoms with Crippen molar-refractivity contribution in [3.8, 4) is 33.5 Å². The molecule has 2 heteroatoms. The van der Waals surface area contributed by atoms with Crippen LogP contribution in [0.5, 0.6) is 0 Å². The highest BCUT2D eigenvalue weighted by atomic mass is 14.7. The first-order chi connectivity index (χ1) is 14.3. The van der Waals surface area contributed by atoms with Gasteiger partial charge in [-0.05, 0) is 58.8 Å². The van der Waals surface area contributed by atoms with Crippen LogP contribution in [0.25, 0.3) is 44.3 Å². The van der Waals surface area contributed by atoms with E-state index < -0.39 is 0 Å². The number of aromatic nitrogens is 2. The zero-order valence-corrected chi connectivity index (χ0v) is 16.2. The molecule has 0 N–H and O–H groups in total. The van der Waals surface area contributed by atoms with Crippen LogP contribution in [0.2, 0.25) is 0 Å². The SMILES string of the molecule is Cc1ccc(-c2ccc(-c3cccc(-c4ccccn4)c3)c3ccncc23)cc1. The largest absolute Gasteiger partial charge is 0.264 e. The first-order valence-corrected chi connectivity index (χ1v) is 9.75. The Morgan fingerprint density at radius 2 is 1.38 bits per heavy atom. The van der Waals surface area contributed by atoms with Gasteiger partial charge in [0.05, 0.1) is 5.69 Å². The Morgan fingerprint density at radius 1 is 0.586 bits per heavy atom. The van der Waals surface area contributed by atoms with E-state index in [9.17, 15) is 0 Å². The van der Waals surface area contributed by atoms with Crippen molar-refractivity contribution in [2.75, 3.05) is 0 Å². The van der Waals surface area contributed by atoms with Gasteiger partial charge >= 0.3 is 0 Å². The van der Waals surface area contributed by atoms with E-state index in [1.165, 1.54) is 33.2 Å². The van der Waals surface area contributed by atoms with Crippen molar-refractivity contribution >= 4 is 10.8 Å². The molecule has 0 radical (unpaired) electrons. The Morgan fingerprint density at radius 3 is 2.17 bits per heavy atom. The van der Waals surface area contributed by atoms with Crippen molar-refractivity contribution in [2.45, 2.75) is 6.92 Å². The van der Waals surface area contributed by atoms with Gasteiger partial charge in [-0.1, -0.05) is 66.2 Å². The lowest BCUT2D eigenvalue weighted by Crippen LogP contribution is -1.88. The van der Waals surface area contributed by atoms with E-state index in [-0.39, 0.29) is 0 Å². The normalized spacial score (nSPS) is 10.9. The summed E-state index contributed by atoms with van der Waals surface area (Å²) in [5, 5.41) is 2.37. The quantitative estimate of drug-likeness (QED) is 0.343. The number of rotatable bonds is 3. The maximum absolute atomic E-state index is 4.50. The number of hydrogen-bond acceptors (Lipinski definition) is 2. The molecule has 0 unspecified atom stereocenters. The second-order valence-electron chi connectivity index (χ2n) is 7.24. The number of nitrogens with zero attached hydrogens (tertiary/aromatic N) is 2. The molecular formula is C27H20N2. The molecule has 5 rings (SSSR count). The fourth-order valence-electron chi connectivity index (χ4n) is 3.81. The minimum Gasteiger partial charge on any atom is -0.264 e. The van der Waals surface area contributed by atoms with Gasteiger partial charge in [-0.25, -0.2) is 0 Å². The fraction of sp³-hybridized carbons (Fsp3) is 0.0370. The molecule has 0 bridgehead atoms. The molecule has 0 saturated carbocycles. The summed E-state index contributed by atoms with van der Waals surface area (Å²) in [5.41, 5.74) is 8.17. The summed E-state index contributed by atoms with van der Waals surface area (Å²) in [7, 11) is 0. The molecule has 2 heterocycles. The van der Waals surface area contributed by atoms with Crippen LogP contribution in [0.1, 0.15) is 5.56 Å². The Bertz CT molecular complexity index is 1290. The van der Waals surface area contributed by atoms with Crippen molar-refractivity contribution in [1.82, 2.24) is 9.97 Å². The van der Waals surface area contributed by atoms with E-state index in [0.29, 0.717) is 0 Å². The third-order valence-electron chi connectivity index (χ3n) is 5.31. The molecule has 0 aliphatic heterocycles. The second kappa shape index (κ2) is 7.33. The van der Waals surface area contributed by atoms with Crippen LogP contribution in [-0.4, -0.2) is 9.97 Å². The molecule has 0 spiro atoms. The molecular weight excluding hydrogens is 352 g/mol. The maximum atomic E-state index is 4.50. The summed E-state index contributed by atoms with van der Waals surface area (Å²) in [6.07, 6.45) is 5.67. The van der Waals surface area contributed by atoms with Gasteiger partial charge in [-0.3, -0.25) is 9.97 Å². The zero-order valence-electron chi connectivity index (χ0n) is 16.2. The minimum absolute atomic E-state index is 0.983. The predicted octanol–water partition coefficient (Wildman–Crippen LogP) is 6.94. The molecule has 29 heavy (non-hydrogen) atoms. The minimum atomic E-state index is 0.983. The van der Waals surface area contributed by atoms with Crippen LogP contribution in [0.15, 0.2) is 104 Å². The average Bonchev–Trinajstić information content (AvgIpc) is 2.80. The molecule has 0 fully saturated rings. The van der Waals surface area contributed by atoms with E-state index in [0.717, 1.165) is 16.6 Å². The van der Waals surface area contributed by atoms with E-state index in [4.69, 9.17) is 0 Å². The van der Waals surface area contributed by atoms with E-state index in [1.54, 1.807) is 0 Å². The lowest BCUT2D eigenvalue weighted by molar-refractivity contribution is 1.33. The van der Waals surface area contributed by atoms with Crippen LogP contribution >= 0.6 is 0 Å². The lowest BCUT2D eigenvalue weighted by atomic mass is 9.92. The third kappa shape index (κ3) is 3.30. The van der Waals surface area contributed by atoms with Crippen LogP contribution in [0, 0.1) is 6.92 Å². The van der Waals surface area contributed by atoms with E-state index in [2.05, 4.69) is 83.6 Å². The lowest BCUT2D eigenvalue weighted by Gasteiger charge is -2.13. The molecule has 2 aromatic heterocycles. The van der Waals surface area contributed by atoms with Crippen LogP contribution in [-0.2, 0) is 0 Å². The third-order valence-corrected chi connectivity index (χ3v) is 5.31. The Balaban J connectivity index is 1.68. The van der Waals surface area contributed by atoms with Gasteiger partial charge in [0.15, 0.2) is 0 Å². The van der Waals surface area contributed by atoms with Gasteiger partial charge in [0.1, 0.15) is 0 Å². The summed E-state index contributed by atoms with van der Waals surface area (Å²) >= 11 is 0. The van der Waals surface area contributed by atoms with Crippen molar-refractivity contribution in [3.63, 3.8) is 0 Å². The number of hydrogen-bond donors (Lipinski definition) is 0. The average molecular weight is 372 g/mol. The summed E-state index contributed by atoms with van der Waals surface area (Å²) in [6, 6.07) is 29.8. The smallest absolute Gasteiger partial charge is 0.0702 e. The molecule has 2 nitrogen and oxygen atoms in total. The Labute approximate surface area is 170 Å². The summed E-state index contributed by atoms with van der Waals surface area (Å²) in [5.74, 6) is 0. The van der Waals surface area contributed by atoms with E-state index in [1.807, 2.05) is 36.8 Å². The molecule has 0 amide bonds. The van der Waals surface area contributed by atoms with Gasteiger partial charge < -0.3 is 0 Å². The molecule has 5 aromatic rings. The first kappa shape index (κ1) is 17.3. The van der Waals surface area contributed by atoms with Crippen molar-refractivity contribution in [3.05, 3.63) is 109 Å². The predicted molar refractivity (Wildman–Crippen MR) is 121 cm³/mol.